The molecule has 0 atom stereocenters. The normalized spacial score (nSPS) is 16.1. The summed E-state index contributed by atoms with van der Waals surface area (Å²) in [4.78, 5) is 26.7. The van der Waals surface area contributed by atoms with Gasteiger partial charge < -0.3 is 10.3 Å². The Morgan fingerprint density at radius 1 is 1.33 bits per heavy atom. The van der Waals surface area contributed by atoms with Gasteiger partial charge in [0, 0.05) is 31.2 Å². The highest BCUT2D eigenvalue weighted by atomic mass is 32.2. The van der Waals surface area contributed by atoms with E-state index < -0.39 is 15.6 Å². The van der Waals surface area contributed by atoms with Crippen molar-refractivity contribution in [3.8, 4) is 6.07 Å². The van der Waals surface area contributed by atoms with Crippen molar-refractivity contribution in [2.45, 2.75) is 52.5 Å². The Morgan fingerprint density at radius 3 is 2.52 bits per heavy atom. The number of sulfonamides is 1. The Morgan fingerprint density at radius 2 is 1.96 bits per heavy atom. The van der Waals surface area contributed by atoms with Crippen LogP contribution in [-0.4, -0.2) is 48.5 Å². The Bertz CT molecular complexity index is 907. The first-order chi connectivity index (χ1) is 12.7. The van der Waals surface area contributed by atoms with Gasteiger partial charge in [-0.05, 0) is 51.2 Å². The molecule has 8 nitrogen and oxygen atoms in total. The number of hydrogen-bond donors (Lipinski definition) is 2. The number of nitrogens with one attached hydrogen (secondary N) is 2. The lowest BCUT2D eigenvalue weighted by Crippen LogP contribution is -2.46. The lowest BCUT2D eigenvalue weighted by atomic mass is 9.98. The van der Waals surface area contributed by atoms with E-state index in [-0.39, 0.29) is 29.7 Å². The van der Waals surface area contributed by atoms with Crippen LogP contribution in [0.3, 0.4) is 0 Å². The van der Waals surface area contributed by atoms with Crippen molar-refractivity contribution in [1.82, 2.24) is 14.6 Å². The van der Waals surface area contributed by atoms with Gasteiger partial charge in [0.25, 0.3) is 5.56 Å². The summed E-state index contributed by atoms with van der Waals surface area (Å²) in [6.45, 7) is 5.95. The first-order valence-electron chi connectivity index (χ1n) is 9.09. The van der Waals surface area contributed by atoms with Crippen molar-refractivity contribution in [1.29, 1.82) is 5.26 Å². The fourth-order valence-corrected chi connectivity index (χ4v) is 4.55. The molecule has 1 aromatic rings. The number of aromatic amines is 1. The maximum Gasteiger partial charge on any atom is 0.266 e. The van der Waals surface area contributed by atoms with Gasteiger partial charge in [-0.3, -0.25) is 9.59 Å². The molecule has 2 heterocycles. The summed E-state index contributed by atoms with van der Waals surface area (Å²) in [5, 5.41) is 12.1. The van der Waals surface area contributed by atoms with E-state index in [1.807, 2.05) is 6.07 Å². The molecule has 2 rings (SSSR count). The van der Waals surface area contributed by atoms with Crippen LogP contribution in [0.5, 0.6) is 0 Å². The predicted molar refractivity (Wildman–Crippen MR) is 102 cm³/mol. The first-order valence-corrected chi connectivity index (χ1v) is 10.7. The van der Waals surface area contributed by atoms with E-state index in [1.165, 1.54) is 4.31 Å². The van der Waals surface area contributed by atoms with Crippen LogP contribution in [0, 0.1) is 25.2 Å². The van der Waals surface area contributed by atoms with Crippen molar-refractivity contribution in [2.75, 3.05) is 18.8 Å². The fourth-order valence-electron chi connectivity index (χ4n) is 3.42. The summed E-state index contributed by atoms with van der Waals surface area (Å²) >= 11 is 0. The number of nitrogens with zero attached hydrogens (tertiary/aromatic N) is 2. The van der Waals surface area contributed by atoms with Crippen LogP contribution in [0.2, 0.25) is 0 Å². The van der Waals surface area contributed by atoms with Crippen molar-refractivity contribution in [3.63, 3.8) is 0 Å². The van der Waals surface area contributed by atoms with E-state index in [4.69, 9.17) is 5.26 Å². The van der Waals surface area contributed by atoms with Crippen LogP contribution < -0.4 is 10.9 Å². The van der Waals surface area contributed by atoms with Gasteiger partial charge in [-0.15, -0.1) is 0 Å². The molecule has 0 saturated carbocycles. The Balaban J connectivity index is 1.92. The summed E-state index contributed by atoms with van der Waals surface area (Å²) in [6.07, 6.45) is 1.87. The zero-order chi connectivity index (χ0) is 20.2. The SMILES string of the molecule is CCS(=O)(=O)N1CCC(NC(=O)CCc2c(C)[nH]c(=O)c(C#N)c2C)CC1. The number of pyridine rings is 1. The molecular formula is C18H26N4O4S. The van der Waals surface area contributed by atoms with Crippen LogP contribution in [0.15, 0.2) is 4.79 Å². The molecule has 1 aliphatic heterocycles. The molecule has 1 amide bonds. The van der Waals surface area contributed by atoms with E-state index in [9.17, 15) is 18.0 Å². The van der Waals surface area contributed by atoms with E-state index >= 15 is 0 Å². The van der Waals surface area contributed by atoms with Crippen molar-refractivity contribution >= 4 is 15.9 Å². The highest BCUT2D eigenvalue weighted by Crippen LogP contribution is 2.17. The molecule has 9 heteroatoms. The molecule has 0 radical (unpaired) electrons. The van der Waals surface area contributed by atoms with Gasteiger partial charge in [-0.1, -0.05) is 0 Å². The second-order valence-electron chi connectivity index (χ2n) is 6.81. The minimum Gasteiger partial charge on any atom is -0.353 e. The van der Waals surface area contributed by atoms with Gasteiger partial charge in [0.1, 0.15) is 11.6 Å². The molecule has 0 aromatic carbocycles. The number of carbonyl (C=O) groups excluding carboxylic acids is 1. The number of aromatic nitrogens is 1. The Labute approximate surface area is 159 Å². The minimum atomic E-state index is -3.17. The quantitative estimate of drug-likeness (QED) is 0.736. The van der Waals surface area contributed by atoms with Gasteiger partial charge in [0.05, 0.1) is 5.75 Å². The fraction of sp³-hybridized carbons (Fsp3) is 0.611. The minimum absolute atomic E-state index is 0.0340. The standard InChI is InChI=1S/C18H26N4O4S/c1-4-27(25,26)22-9-7-14(8-10-22)21-17(23)6-5-15-12(2)16(11-19)18(24)20-13(15)3/h14H,4-10H2,1-3H3,(H,20,24)(H,21,23). The maximum absolute atomic E-state index is 12.3. The Kier molecular flexibility index (Phi) is 6.78. The van der Waals surface area contributed by atoms with Crippen LogP contribution in [-0.2, 0) is 21.2 Å². The second kappa shape index (κ2) is 8.67. The number of H-pyrrole nitrogens is 1. The van der Waals surface area contributed by atoms with E-state index in [1.54, 1.807) is 20.8 Å². The maximum atomic E-state index is 12.3. The van der Waals surface area contributed by atoms with Crippen molar-refractivity contribution in [2.24, 2.45) is 0 Å². The lowest BCUT2D eigenvalue weighted by molar-refractivity contribution is -0.122. The number of piperidine rings is 1. The third-order valence-corrected chi connectivity index (χ3v) is 6.98. The lowest BCUT2D eigenvalue weighted by Gasteiger charge is -2.31. The number of hydrogen-bond acceptors (Lipinski definition) is 5. The third kappa shape index (κ3) is 4.96. The van der Waals surface area contributed by atoms with Crippen LogP contribution in [0.25, 0.3) is 0 Å². The van der Waals surface area contributed by atoms with Gasteiger partial charge in [0.15, 0.2) is 0 Å². The van der Waals surface area contributed by atoms with Crippen LogP contribution in [0.1, 0.15) is 48.6 Å². The average molecular weight is 394 g/mol. The van der Waals surface area contributed by atoms with E-state index in [0.717, 1.165) is 5.56 Å². The third-order valence-electron chi connectivity index (χ3n) is 5.10. The number of nitriles is 1. The smallest absolute Gasteiger partial charge is 0.266 e. The van der Waals surface area contributed by atoms with E-state index in [0.29, 0.717) is 43.6 Å². The summed E-state index contributed by atoms with van der Waals surface area (Å²) in [7, 11) is -3.17. The summed E-state index contributed by atoms with van der Waals surface area (Å²) in [5.41, 5.74) is 1.77. The molecule has 27 heavy (non-hydrogen) atoms. The number of rotatable bonds is 6. The highest BCUT2D eigenvalue weighted by molar-refractivity contribution is 7.89. The van der Waals surface area contributed by atoms with Crippen LogP contribution >= 0.6 is 0 Å². The largest absolute Gasteiger partial charge is 0.353 e. The predicted octanol–water partition coefficient (Wildman–Crippen LogP) is 0.726. The monoisotopic (exact) mass is 394 g/mol. The highest BCUT2D eigenvalue weighted by Gasteiger charge is 2.27. The number of aryl methyl sites for hydroxylation is 1. The number of amides is 1. The molecule has 1 fully saturated rings. The summed E-state index contributed by atoms with van der Waals surface area (Å²) in [5.74, 6) is -0.0256. The summed E-state index contributed by atoms with van der Waals surface area (Å²) < 4.78 is 25.2. The van der Waals surface area contributed by atoms with Crippen molar-refractivity contribution < 1.29 is 13.2 Å². The summed E-state index contributed by atoms with van der Waals surface area (Å²) in [6, 6.07) is 1.87. The van der Waals surface area contributed by atoms with Gasteiger partial charge >= 0.3 is 0 Å². The molecule has 1 aromatic heterocycles. The first kappa shape index (κ1) is 21.1. The second-order valence-corrected chi connectivity index (χ2v) is 9.07. The van der Waals surface area contributed by atoms with Gasteiger partial charge in [-0.2, -0.15) is 5.26 Å². The molecule has 0 spiro atoms. The molecular weight excluding hydrogens is 368 g/mol. The molecule has 0 aliphatic carbocycles. The zero-order valence-electron chi connectivity index (χ0n) is 16.0. The van der Waals surface area contributed by atoms with E-state index in [2.05, 4.69) is 10.3 Å². The molecule has 0 unspecified atom stereocenters. The molecule has 0 bridgehead atoms. The zero-order valence-corrected chi connectivity index (χ0v) is 16.8. The van der Waals surface area contributed by atoms with Gasteiger partial charge in [0.2, 0.25) is 15.9 Å². The van der Waals surface area contributed by atoms with Crippen molar-refractivity contribution in [3.05, 3.63) is 32.7 Å². The molecule has 1 aliphatic rings. The average Bonchev–Trinajstić information content (AvgIpc) is 2.62. The molecule has 148 valence electrons. The number of carbonyl (C=O) groups is 1. The van der Waals surface area contributed by atoms with Crippen LogP contribution in [0.4, 0.5) is 0 Å². The molecule has 2 N–H and O–H groups in total. The van der Waals surface area contributed by atoms with Gasteiger partial charge in [-0.25, -0.2) is 12.7 Å². The Hall–Kier alpha value is -2.18. The molecule has 1 saturated heterocycles. The topological polar surface area (TPSA) is 123 Å².